The van der Waals surface area contributed by atoms with Crippen LogP contribution in [-0.2, 0) is 14.3 Å². The predicted octanol–water partition coefficient (Wildman–Crippen LogP) is 4.70. The molecule has 0 saturated carbocycles. The number of carboxylic acids is 1. The molecular formula is C27H34N2O5. The fourth-order valence-corrected chi connectivity index (χ4v) is 4.34. The van der Waals surface area contributed by atoms with Crippen molar-refractivity contribution in [3.05, 3.63) is 59.7 Å². The molecule has 7 nitrogen and oxygen atoms in total. The van der Waals surface area contributed by atoms with Gasteiger partial charge in [-0.15, -0.1) is 0 Å². The van der Waals surface area contributed by atoms with Crippen LogP contribution in [-0.4, -0.2) is 41.8 Å². The van der Waals surface area contributed by atoms with Crippen molar-refractivity contribution < 1.29 is 24.2 Å². The Hall–Kier alpha value is -3.35. The van der Waals surface area contributed by atoms with Crippen LogP contribution in [0, 0.1) is 5.92 Å². The fourth-order valence-electron chi connectivity index (χ4n) is 4.34. The zero-order valence-corrected chi connectivity index (χ0v) is 20.0. The lowest BCUT2D eigenvalue weighted by Crippen LogP contribution is -2.50. The van der Waals surface area contributed by atoms with Crippen molar-refractivity contribution in [3.63, 3.8) is 0 Å². The second-order valence-corrected chi connectivity index (χ2v) is 9.11. The first kappa shape index (κ1) is 25.3. The van der Waals surface area contributed by atoms with Crippen LogP contribution < -0.4 is 10.6 Å². The maximum absolute atomic E-state index is 12.8. The second kappa shape index (κ2) is 11.7. The molecule has 0 fully saturated rings. The van der Waals surface area contributed by atoms with Crippen molar-refractivity contribution in [2.24, 2.45) is 5.92 Å². The lowest BCUT2D eigenvalue weighted by molar-refractivity contribution is -0.137. The van der Waals surface area contributed by atoms with Crippen LogP contribution in [0.25, 0.3) is 11.1 Å². The van der Waals surface area contributed by atoms with E-state index in [1.807, 2.05) is 38.1 Å². The summed E-state index contributed by atoms with van der Waals surface area (Å²) < 4.78 is 5.61. The zero-order valence-electron chi connectivity index (χ0n) is 20.0. The maximum atomic E-state index is 12.8. The molecule has 3 atom stereocenters. The first-order valence-corrected chi connectivity index (χ1v) is 11.9. The van der Waals surface area contributed by atoms with Gasteiger partial charge in [-0.2, -0.15) is 0 Å². The number of hydrogen-bond donors (Lipinski definition) is 3. The number of carboxylic acid groups (broad SMARTS) is 1. The summed E-state index contributed by atoms with van der Waals surface area (Å²) in [6.45, 7) is 5.98. The number of ether oxygens (including phenoxy) is 1. The second-order valence-electron chi connectivity index (χ2n) is 9.11. The van der Waals surface area contributed by atoms with Gasteiger partial charge in [-0.05, 0) is 47.9 Å². The number of amides is 2. The fraction of sp³-hybridized carbons (Fsp3) is 0.444. The minimum absolute atomic E-state index is 0.0305. The van der Waals surface area contributed by atoms with Gasteiger partial charge >= 0.3 is 12.1 Å². The van der Waals surface area contributed by atoms with E-state index in [2.05, 4.69) is 34.9 Å². The summed E-state index contributed by atoms with van der Waals surface area (Å²) in [6.07, 6.45) is 0.992. The molecule has 34 heavy (non-hydrogen) atoms. The molecule has 1 aliphatic rings. The maximum Gasteiger partial charge on any atom is 0.407 e. The molecule has 0 spiro atoms. The third-order valence-corrected chi connectivity index (χ3v) is 6.47. The Morgan fingerprint density at radius 3 is 2.12 bits per heavy atom. The number of carbonyl (C=O) groups excluding carboxylic acids is 2. The Bertz CT molecular complexity index is 976. The summed E-state index contributed by atoms with van der Waals surface area (Å²) in [5, 5.41) is 14.4. The van der Waals surface area contributed by atoms with E-state index in [0.717, 1.165) is 28.7 Å². The van der Waals surface area contributed by atoms with Crippen LogP contribution in [0.15, 0.2) is 48.5 Å². The Morgan fingerprint density at radius 1 is 0.971 bits per heavy atom. The van der Waals surface area contributed by atoms with Gasteiger partial charge in [0.25, 0.3) is 0 Å². The normalized spacial score (nSPS) is 14.9. The van der Waals surface area contributed by atoms with Crippen molar-refractivity contribution >= 4 is 18.0 Å². The third kappa shape index (κ3) is 6.37. The summed E-state index contributed by atoms with van der Waals surface area (Å²) in [5.74, 6) is -1.07. The monoisotopic (exact) mass is 466 g/mol. The van der Waals surface area contributed by atoms with Crippen molar-refractivity contribution in [2.45, 2.75) is 64.5 Å². The predicted molar refractivity (Wildman–Crippen MR) is 131 cm³/mol. The largest absolute Gasteiger partial charge is 0.481 e. The van der Waals surface area contributed by atoms with E-state index in [9.17, 15) is 14.4 Å². The minimum Gasteiger partial charge on any atom is -0.481 e. The van der Waals surface area contributed by atoms with Crippen LogP contribution in [0.3, 0.4) is 0 Å². The molecule has 2 aromatic rings. The Morgan fingerprint density at radius 2 is 1.56 bits per heavy atom. The van der Waals surface area contributed by atoms with E-state index in [0.29, 0.717) is 12.8 Å². The van der Waals surface area contributed by atoms with Gasteiger partial charge in [0.15, 0.2) is 0 Å². The molecular weight excluding hydrogens is 432 g/mol. The van der Waals surface area contributed by atoms with Crippen LogP contribution in [0.5, 0.6) is 0 Å². The average Bonchev–Trinajstić information content (AvgIpc) is 3.14. The van der Waals surface area contributed by atoms with E-state index < -0.39 is 18.1 Å². The molecule has 2 aromatic carbocycles. The van der Waals surface area contributed by atoms with Crippen LogP contribution >= 0.6 is 0 Å². The van der Waals surface area contributed by atoms with E-state index in [4.69, 9.17) is 9.84 Å². The van der Waals surface area contributed by atoms with Crippen molar-refractivity contribution in [3.8, 4) is 11.1 Å². The SMILES string of the molecule is CCC(C)CC(NC(=O)OCC1c2ccccc2-c2ccccc21)C(=O)NC(C)CCC(=O)O. The highest BCUT2D eigenvalue weighted by molar-refractivity contribution is 5.86. The van der Waals surface area contributed by atoms with Crippen molar-refractivity contribution in [2.75, 3.05) is 6.61 Å². The van der Waals surface area contributed by atoms with E-state index in [1.54, 1.807) is 6.92 Å². The summed E-state index contributed by atoms with van der Waals surface area (Å²) in [5.41, 5.74) is 4.54. The average molecular weight is 467 g/mol. The van der Waals surface area contributed by atoms with Gasteiger partial charge in [0.2, 0.25) is 5.91 Å². The molecule has 0 aromatic heterocycles. The number of rotatable bonds is 11. The number of alkyl carbamates (subject to hydrolysis) is 1. The minimum atomic E-state index is -0.908. The van der Waals surface area contributed by atoms with Crippen LogP contribution in [0.1, 0.15) is 63.5 Å². The van der Waals surface area contributed by atoms with Crippen molar-refractivity contribution in [1.82, 2.24) is 10.6 Å². The zero-order chi connectivity index (χ0) is 24.7. The van der Waals surface area contributed by atoms with Gasteiger partial charge in [0, 0.05) is 18.4 Å². The highest BCUT2D eigenvalue weighted by atomic mass is 16.5. The number of carbonyl (C=O) groups is 3. The number of fused-ring (bicyclic) bond motifs is 3. The standard InChI is InChI=1S/C27H34N2O5/c1-4-17(2)15-24(26(32)28-18(3)13-14-25(30)31)29-27(33)34-16-23-21-11-7-5-9-19(21)20-10-6-8-12-22(20)23/h5-12,17-18,23-24H,4,13-16H2,1-3H3,(H,28,32)(H,29,33)(H,30,31). The Kier molecular flexibility index (Phi) is 8.68. The summed E-state index contributed by atoms with van der Waals surface area (Å²) in [4.78, 5) is 36.4. The van der Waals surface area contributed by atoms with E-state index in [-0.39, 0.29) is 36.8 Å². The van der Waals surface area contributed by atoms with Crippen LogP contribution in [0.2, 0.25) is 0 Å². The Labute approximate surface area is 200 Å². The number of hydrogen-bond acceptors (Lipinski definition) is 4. The molecule has 3 unspecified atom stereocenters. The molecule has 7 heteroatoms. The molecule has 0 aliphatic heterocycles. The Balaban J connectivity index is 1.63. The third-order valence-electron chi connectivity index (χ3n) is 6.47. The molecule has 0 radical (unpaired) electrons. The van der Waals surface area contributed by atoms with Crippen LogP contribution in [0.4, 0.5) is 4.79 Å². The van der Waals surface area contributed by atoms with Crippen molar-refractivity contribution in [1.29, 1.82) is 0 Å². The first-order chi connectivity index (χ1) is 16.3. The highest BCUT2D eigenvalue weighted by Gasteiger charge is 2.30. The van der Waals surface area contributed by atoms with Gasteiger partial charge < -0.3 is 20.5 Å². The lowest BCUT2D eigenvalue weighted by Gasteiger charge is -2.23. The highest BCUT2D eigenvalue weighted by Crippen LogP contribution is 2.44. The van der Waals surface area contributed by atoms with Gasteiger partial charge in [0.1, 0.15) is 12.6 Å². The molecule has 1 aliphatic carbocycles. The summed E-state index contributed by atoms with van der Waals surface area (Å²) >= 11 is 0. The first-order valence-electron chi connectivity index (χ1n) is 11.9. The topological polar surface area (TPSA) is 105 Å². The van der Waals surface area contributed by atoms with Gasteiger partial charge in [-0.25, -0.2) is 4.79 Å². The van der Waals surface area contributed by atoms with Gasteiger partial charge in [-0.3, -0.25) is 9.59 Å². The quantitative estimate of drug-likeness (QED) is 0.445. The van der Waals surface area contributed by atoms with Gasteiger partial charge in [-0.1, -0.05) is 68.8 Å². The molecule has 3 N–H and O–H groups in total. The smallest absolute Gasteiger partial charge is 0.407 e. The van der Waals surface area contributed by atoms with Gasteiger partial charge in [0.05, 0.1) is 0 Å². The molecule has 3 rings (SSSR count). The molecule has 182 valence electrons. The molecule has 0 heterocycles. The molecule has 0 saturated heterocycles. The number of benzene rings is 2. The van der Waals surface area contributed by atoms with E-state index >= 15 is 0 Å². The number of aliphatic carboxylic acids is 1. The number of nitrogens with one attached hydrogen (secondary N) is 2. The molecule has 0 bridgehead atoms. The summed E-state index contributed by atoms with van der Waals surface area (Å²) in [7, 11) is 0. The lowest BCUT2D eigenvalue weighted by atomic mass is 9.98. The van der Waals surface area contributed by atoms with E-state index in [1.165, 1.54) is 0 Å². The summed E-state index contributed by atoms with van der Waals surface area (Å²) in [6, 6.07) is 15.2. The molecule has 2 amide bonds.